The molecule has 2 fully saturated rings. The van der Waals surface area contributed by atoms with Gasteiger partial charge in [0.25, 0.3) is 0 Å². The summed E-state index contributed by atoms with van der Waals surface area (Å²) in [6, 6.07) is 0. The van der Waals surface area contributed by atoms with Crippen LogP contribution >= 0.6 is 23.5 Å². The molecule has 0 amide bonds. The summed E-state index contributed by atoms with van der Waals surface area (Å²) in [6.45, 7) is 6.84. The molecule has 0 bridgehead atoms. The molecule has 1 heterocycles. The molecule has 0 radical (unpaired) electrons. The Balaban J connectivity index is 1.84. The van der Waals surface area contributed by atoms with E-state index in [9.17, 15) is 4.79 Å². The molecule has 3 atom stereocenters. The van der Waals surface area contributed by atoms with E-state index < -0.39 is 0 Å². The van der Waals surface area contributed by atoms with Crippen molar-refractivity contribution in [1.29, 1.82) is 0 Å². The van der Waals surface area contributed by atoms with Gasteiger partial charge >= 0.3 is 0 Å². The van der Waals surface area contributed by atoms with Gasteiger partial charge in [0.15, 0.2) is 0 Å². The molecule has 0 aromatic heterocycles. The monoisotopic (exact) mass is 286 g/mol. The van der Waals surface area contributed by atoms with Crippen LogP contribution in [-0.4, -0.2) is 27.3 Å². The molecule has 3 heteroatoms. The largest absolute Gasteiger partial charge is 0.298 e. The second kappa shape index (κ2) is 6.69. The molecular formula is C15H26OS2. The predicted molar refractivity (Wildman–Crippen MR) is 83.5 cm³/mol. The fourth-order valence-electron chi connectivity index (χ4n) is 3.05. The first kappa shape index (κ1) is 14.8. The van der Waals surface area contributed by atoms with Crippen LogP contribution in [0.2, 0.25) is 0 Å². The van der Waals surface area contributed by atoms with Crippen LogP contribution in [0.3, 0.4) is 0 Å². The van der Waals surface area contributed by atoms with E-state index in [2.05, 4.69) is 20.8 Å². The molecule has 1 aliphatic carbocycles. The summed E-state index contributed by atoms with van der Waals surface area (Å²) in [5, 5.41) is 1.61. The first-order chi connectivity index (χ1) is 8.61. The van der Waals surface area contributed by atoms with Gasteiger partial charge in [0, 0.05) is 22.2 Å². The summed E-state index contributed by atoms with van der Waals surface area (Å²) < 4.78 is 0. The van der Waals surface area contributed by atoms with E-state index in [0.717, 1.165) is 24.5 Å². The van der Waals surface area contributed by atoms with Crippen molar-refractivity contribution in [2.24, 2.45) is 11.8 Å². The Morgan fingerprint density at radius 2 is 1.78 bits per heavy atom. The molecule has 18 heavy (non-hydrogen) atoms. The second-order valence-electron chi connectivity index (χ2n) is 5.90. The number of thioether (sulfide) groups is 2. The minimum atomic E-state index is 0.282. The van der Waals surface area contributed by atoms with Gasteiger partial charge < -0.3 is 0 Å². The van der Waals surface area contributed by atoms with Gasteiger partial charge in [0.05, 0.1) is 5.25 Å². The zero-order valence-electron chi connectivity index (χ0n) is 11.9. The van der Waals surface area contributed by atoms with Crippen LogP contribution in [0.1, 0.15) is 52.9 Å². The lowest BCUT2D eigenvalue weighted by molar-refractivity contribution is -0.123. The lowest BCUT2D eigenvalue weighted by Crippen LogP contribution is -2.36. The third kappa shape index (κ3) is 3.47. The number of hydrogen-bond donors (Lipinski definition) is 0. The highest BCUT2D eigenvalue weighted by atomic mass is 32.2. The number of rotatable bonds is 3. The van der Waals surface area contributed by atoms with Crippen molar-refractivity contribution in [3.8, 4) is 0 Å². The van der Waals surface area contributed by atoms with Gasteiger partial charge in [-0.1, -0.05) is 27.2 Å². The normalized spacial score (nSPS) is 41.6. The molecule has 1 aliphatic heterocycles. The maximum absolute atomic E-state index is 12.6. The van der Waals surface area contributed by atoms with E-state index in [0.29, 0.717) is 22.2 Å². The molecule has 2 aliphatic rings. The SMILES string of the molecule is CCC1CCC(C(=O)C2CSC(C)C(C)S2)CC1. The molecular weight excluding hydrogens is 260 g/mol. The molecule has 0 aromatic carbocycles. The molecule has 1 nitrogen and oxygen atoms in total. The quantitative estimate of drug-likeness (QED) is 0.765. The standard InChI is InChI=1S/C15H26OS2/c1-4-12-5-7-13(8-6-12)15(16)14-9-17-10(2)11(3)18-14/h10-14H,4-9H2,1-3H3. The van der Waals surface area contributed by atoms with E-state index in [4.69, 9.17) is 0 Å². The zero-order valence-corrected chi connectivity index (χ0v) is 13.5. The number of Topliss-reactive ketones (excluding diaryl/α,β-unsaturated/α-hetero) is 1. The van der Waals surface area contributed by atoms with Crippen LogP contribution in [0.25, 0.3) is 0 Å². The third-order valence-corrected chi connectivity index (χ3v) is 8.10. The van der Waals surface area contributed by atoms with E-state index in [-0.39, 0.29) is 5.25 Å². The molecule has 0 spiro atoms. The van der Waals surface area contributed by atoms with Gasteiger partial charge in [-0.25, -0.2) is 0 Å². The van der Waals surface area contributed by atoms with Gasteiger partial charge in [-0.15, -0.1) is 11.8 Å². The lowest BCUT2D eigenvalue weighted by Gasteiger charge is -2.34. The summed E-state index contributed by atoms with van der Waals surface area (Å²) in [6.07, 6.45) is 6.17. The molecule has 1 saturated heterocycles. The minimum absolute atomic E-state index is 0.282. The molecule has 104 valence electrons. The van der Waals surface area contributed by atoms with Crippen molar-refractivity contribution in [2.45, 2.75) is 68.6 Å². The Labute approximate surface area is 120 Å². The Kier molecular flexibility index (Phi) is 5.49. The van der Waals surface area contributed by atoms with Gasteiger partial charge in [0.2, 0.25) is 0 Å². The molecule has 1 saturated carbocycles. The van der Waals surface area contributed by atoms with Crippen LogP contribution in [0, 0.1) is 11.8 Å². The van der Waals surface area contributed by atoms with Crippen LogP contribution in [-0.2, 0) is 4.79 Å². The maximum Gasteiger partial charge on any atom is 0.149 e. The van der Waals surface area contributed by atoms with Crippen molar-refractivity contribution >= 4 is 29.3 Å². The average Bonchev–Trinajstić information content (AvgIpc) is 2.41. The Bertz CT molecular complexity index is 284. The fraction of sp³-hybridized carbons (Fsp3) is 0.933. The zero-order chi connectivity index (χ0) is 13.1. The summed E-state index contributed by atoms with van der Waals surface area (Å²) in [4.78, 5) is 12.6. The molecule has 0 aromatic rings. The first-order valence-corrected chi connectivity index (χ1v) is 9.41. The van der Waals surface area contributed by atoms with E-state index >= 15 is 0 Å². The fourth-order valence-corrected chi connectivity index (χ4v) is 6.01. The van der Waals surface area contributed by atoms with Crippen LogP contribution in [0.4, 0.5) is 0 Å². The molecule has 3 unspecified atom stereocenters. The van der Waals surface area contributed by atoms with Gasteiger partial charge in [-0.05, 0) is 31.6 Å². The van der Waals surface area contributed by atoms with E-state index in [1.54, 1.807) is 0 Å². The highest BCUT2D eigenvalue weighted by molar-refractivity contribution is 8.08. The molecule has 2 rings (SSSR count). The van der Waals surface area contributed by atoms with Crippen molar-refractivity contribution < 1.29 is 4.79 Å². The third-order valence-electron chi connectivity index (χ3n) is 4.69. The number of carbonyl (C=O) groups excluding carboxylic acids is 1. The van der Waals surface area contributed by atoms with Crippen molar-refractivity contribution in [1.82, 2.24) is 0 Å². The summed E-state index contributed by atoms with van der Waals surface area (Å²) in [5.41, 5.74) is 0. The first-order valence-electron chi connectivity index (χ1n) is 7.42. The predicted octanol–water partition coefficient (Wildman–Crippen LogP) is 4.40. The summed E-state index contributed by atoms with van der Waals surface area (Å²) >= 11 is 3.92. The Morgan fingerprint density at radius 3 is 2.33 bits per heavy atom. The second-order valence-corrected chi connectivity index (χ2v) is 8.89. The van der Waals surface area contributed by atoms with Gasteiger partial charge in [0.1, 0.15) is 5.78 Å². The number of hydrogen-bond acceptors (Lipinski definition) is 3. The molecule has 0 N–H and O–H groups in total. The topological polar surface area (TPSA) is 17.1 Å². The number of carbonyl (C=O) groups is 1. The summed E-state index contributed by atoms with van der Waals surface area (Å²) in [7, 11) is 0. The maximum atomic E-state index is 12.6. The van der Waals surface area contributed by atoms with E-state index in [1.165, 1.54) is 19.3 Å². The van der Waals surface area contributed by atoms with Crippen LogP contribution < -0.4 is 0 Å². The Hall–Kier alpha value is 0.370. The van der Waals surface area contributed by atoms with Gasteiger partial charge in [-0.2, -0.15) is 11.8 Å². The number of ketones is 1. The summed E-state index contributed by atoms with van der Waals surface area (Å²) in [5.74, 6) is 2.89. The highest BCUT2D eigenvalue weighted by Gasteiger charge is 2.35. The average molecular weight is 287 g/mol. The van der Waals surface area contributed by atoms with E-state index in [1.807, 2.05) is 23.5 Å². The lowest BCUT2D eigenvalue weighted by atomic mass is 9.78. The van der Waals surface area contributed by atoms with Crippen molar-refractivity contribution in [3.05, 3.63) is 0 Å². The Morgan fingerprint density at radius 1 is 1.11 bits per heavy atom. The minimum Gasteiger partial charge on any atom is -0.298 e. The van der Waals surface area contributed by atoms with Crippen LogP contribution in [0.5, 0.6) is 0 Å². The van der Waals surface area contributed by atoms with Crippen molar-refractivity contribution in [3.63, 3.8) is 0 Å². The highest BCUT2D eigenvalue weighted by Crippen LogP contribution is 2.39. The van der Waals surface area contributed by atoms with Crippen molar-refractivity contribution in [2.75, 3.05) is 5.75 Å². The smallest absolute Gasteiger partial charge is 0.149 e. The van der Waals surface area contributed by atoms with Gasteiger partial charge in [-0.3, -0.25) is 4.79 Å². The van der Waals surface area contributed by atoms with Crippen LogP contribution in [0.15, 0.2) is 0 Å².